The van der Waals surface area contributed by atoms with Gasteiger partial charge in [0.15, 0.2) is 11.6 Å². The summed E-state index contributed by atoms with van der Waals surface area (Å²) in [7, 11) is 0. The lowest BCUT2D eigenvalue weighted by Crippen LogP contribution is -2.04. The maximum Gasteiger partial charge on any atom is 0.211 e. The summed E-state index contributed by atoms with van der Waals surface area (Å²) >= 11 is 0. The molecule has 25 heavy (non-hydrogen) atoms. The molecule has 0 saturated carbocycles. The lowest BCUT2D eigenvalue weighted by Gasteiger charge is -2.05. The first kappa shape index (κ1) is 14.9. The Bertz CT molecular complexity index is 1100. The molecule has 0 atom stereocenters. The number of aromatic nitrogens is 5. The van der Waals surface area contributed by atoms with Crippen molar-refractivity contribution in [3.05, 3.63) is 65.6 Å². The maximum atomic E-state index is 13.2. The average molecular weight is 335 g/mol. The molecule has 0 radical (unpaired) electrons. The molecule has 8 heteroatoms. The Hall–Kier alpha value is -3.68. The molecular formula is C17H10FN5O2. The van der Waals surface area contributed by atoms with E-state index < -0.39 is 17.3 Å². The second kappa shape index (κ2) is 5.75. The van der Waals surface area contributed by atoms with Crippen LogP contribution in [0.1, 0.15) is 16.1 Å². The number of phenolic OH excluding ortho intramolecular Hbond substituents is 1. The number of tetrazole rings is 1. The van der Waals surface area contributed by atoms with Crippen LogP contribution in [0.5, 0.6) is 5.75 Å². The minimum atomic E-state index is -0.784. The number of H-pyrrole nitrogens is 1. The predicted octanol–water partition coefficient (Wildman–Crippen LogP) is 2.49. The number of halogens is 1. The average Bonchev–Trinajstić information content (AvgIpc) is 3.17. The number of aromatic hydroxyl groups is 1. The van der Waals surface area contributed by atoms with E-state index >= 15 is 0 Å². The molecule has 0 aliphatic heterocycles. The molecule has 0 fully saturated rings. The molecule has 2 aromatic carbocycles. The summed E-state index contributed by atoms with van der Waals surface area (Å²) in [6.45, 7) is 0. The van der Waals surface area contributed by atoms with Gasteiger partial charge in [0.05, 0.1) is 5.52 Å². The lowest BCUT2D eigenvalue weighted by molar-refractivity contribution is 0.103. The van der Waals surface area contributed by atoms with E-state index in [4.69, 9.17) is 0 Å². The highest BCUT2D eigenvalue weighted by Gasteiger charge is 2.14. The fourth-order valence-corrected chi connectivity index (χ4v) is 2.47. The minimum absolute atomic E-state index is 0.153. The van der Waals surface area contributed by atoms with Crippen LogP contribution in [0.3, 0.4) is 0 Å². The molecular weight excluding hydrogens is 325 g/mol. The quantitative estimate of drug-likeness (QED) is 0.557. The van der Waals surface area contributed by atoms with Crippen LogP contribution in [-0.4, -0.2) is 36.5 Å². The highest BCUT2D eigenvalue weighted by Crippen LogP contribution is 2.22. The van der Waals surface area contributed by atoms with E-state index in [9.17, 15) is 14.3 Å². The fraction of sp³-hybridized carbons (Fsp3) is 0. The first-order valence-corrected chi connectivity index (χ1v) is 7.30. The van der Waals surface area contributed by atoms with E-state index in [-0.39, 0.29) is 11.3 Å². The predicted molar refractivity (Wildman–Crippen MR) is 86.4 cm³/mol. The van der Waals surface area contributed by atoms with E-state index in [1.54, 1.807) is 18.2 Å². The van der Waals surface area contributed by atoms with E-state index in [0.717, 1.165) is 17.5 Å². The van der Waals surface area contributed by atoms with Crippen LogP contribution in [0.25, 0.3) is 22.3 Å². The molecule has 0 aliphatic rings. The summed E-state index contributed by atoms with van der Waals surface area (Å²) in [5, 5.41) is 24.0. The van der Waals surface area contributed by atoms with Gasteiger partial charge in [-0.15, -0.1) is 10.2 Å². The molecule has 4 rings (SSSR count). The third-order valence-corrected chi connectivity index (χ3v) is 3.74. The third-order valence-electron chi connectivity index (χ3n) is 3.74. The number of phenols is 1. The van der Waals surface area contributed by atoms with Gasteiger partial charge in [-0.1, -0.05) is 18.2 Å². The molecule has 0 saturated heterocycles. The number of ketones is 1. The molecule has 2 aromatic heterocycles. The van der Waals surface area contributed by atoms with Crippen LogP contribution in [0, 0.1) is 5.82 Å². The Labute approximate surface area is 140 Å². The Morgan fingerprint density at radius 3 is 2.68 bits per heavy atom. The zero-order valence-corrected chi connectivity index (χ0v) is 12.6. The highest BCUT2D eigenvalue weighted by atomic mass is 19.1. The minimum Gasteiger partial charge on any atom is -0.505 e. The van der Waals surface area contributed by atoms with Gasteiger partial charge in [-0.25, -0.2) is 9.37 Å². The maximum absolute atomic E-state index is 13.2. The smallest absolute Gasteiger partial charge is 0.211 e. The van der Waals surface area contributed by atoms with Gasteiger partial charge in [-0.3, -0.25) is 4.79 Å². The number of rotatable bonds is 3. The normalized spacial score (nSPS) is 10.9. The van der Waals surface area contributed by atoms with Gasteiger partial charge in [-0.05, 0) is 35.5 Å². The fourth-order valence-electron chi connectivity index (χ4n) is 2.47. The molecule has 7 nitrogen and oxygen atoms in total. The van der Waals surface area contributed by atoms with Crippen LogP contribution in [0.4, 0.5) is 4.39 Å². The SMILES string of the molecule is O=C(c1ccc(F)c(O)c1)c1ccc2ccc(-c3nn[nH]n3)cc2n1. The summed E-state index contributed by atoms with van der Waals surface area (Å²) in [6.07, 6.45) is 0. The molecule has 2 heterocycles. The molecule has 0 spiro atoms. The van der Waals surface area contributed by atoms with E-state index in [1.165, 1.54) is 6.07 Å². The number of pyridine rings is 1. The largest absolute Gasteiger partial charge is 0.505 e. The Balaban J connectivity index is 1.77. The molecule has 0 aliphatic carbocycles. The lowest BCUT2D eigenvalue weighted by atomic mass is 10.1. The van der Waals surface area contributed by atoms with Gasteiger partial charge >= 0.3 is 0 Å². The summed E-state index contributed by atoms with van der Waals surface area (Å²) in [4.78, 5) is 16.9. The number of carbonyl (C=O) groups excluding carboxylic acids is 1. The van der Waals surface area contributed by atoms with E-state index in [2.05, 4.69) is 25.6 Å². The number of nitrogens with one attached hydrogen (secondary N) is 1. The van der Waals surface area contributed by atoms with E-state index in [1.807, 2.05) is 12.1 Å². The van der Waals surface area contributed by atoms with Crippen molar-refractivity contribution in [1.29, 1.82) is 0 Å². The summed E-state index contributed by atoms with van der Waals surface area (Å²) in [6, 6.07) is 12.2. The van der Waals surface area contributed by atoms with Gasteiger partial charge in [0.25, 0.3) is 0 Å². The Kier molecular flexibility index (Phi) is 3.42. The van der Waals surface area contributed by atoms with Crippen molar-refractivity contribution < 1.29 is 14.3 Å². The highest BCUT2D eigenvalue weighted by molar-refractivity contribution is 6.08. The second-order valence-electron chi connectivity index (χ2n) is 5.33. The summed E-state index contributed by atoms with van der Waals surface area (Å²) < 4.78 is 13.2. The van der Waals surface area contributed by atoms with Gasteiger partial charge in [0.2, 0.25) is 11.6 Å². The summed E-state index contributed by atoms with van der Waals surface area (Å²) in [5.74, 6) is -1.36. The molecule has 0 unspecified atom stereocenters. The van der Waals surface area contributed by atoms with Crippen LogP contribution in [-0.2, 0) is 0 Å². The van der Waals surface area contributed by atoms with Crippen molar-refractivity contribution in [3.8, 4) is 17.1 Å². The third kappa shape index (κ3) is 2.69. The number of benzene rings is 2. The first-order chi connectivity index (χ1) is 12.1. The number of hydrogen-bond acceptors (Lipinski definition) is 6. The van der Waals surface area contributed by atoms with Gasteiger partial charge in [-0.2, -0.15) is 5.21 Å². The van der Waals surface area contributed by atoms with Gasteiger partial charge in [0, 0.05) is 16.5 Å². The van der Waals surface area contributed by atoms with Gasteiger partial charge in [0.1, 0.15) is 5.69 Å². The second-order valence-corrected chi connectivity index (χ2v) is 5.33. The van der Waals surface area contributed by atoms with Crippen LogP contribution in [0.2, 0.25) is 0 Å². The molecule has 4 aromatic rings. The summed E-state index contributed by atoms with van der Waals surface area (Å²) in [5.41, 5.74) is 1.63. The first-order valence-electron chi connectivity index (χ1n) is 7.30. The monoisotopic (exact) mass is 335 g/mol. The Morgan fingerprint density at radius 1 is 1.08 bits per heavy atom. The van der Waals surface area contributed by atoms with Crippen molar-refractivity contribution >= 4 is 16.7 Å². The van der Waals surface area contributed by atoms with Crippen molar-refractivity contribution in [3.63, 3.8) is 0 Å². The number of fused-ring (bicyclic) bond motifs is 1. The zero-order valence-electron chi connectivity index (χ0n) is 12.6. The van der Waals surface area contributed by atoms with Crippen LogP contribution < -0.4 is 0 Å². The number of nitrogens with zero attached hydrogens (tertiary/aromatic N) is 4. The molecule has 2 N–H and O–H groups in total. The number of aromatic amines is 1. The topological polar surface area (TPSA) is 105 Å². The van der Waals surface area contributed by atoms with Gasteiger partial charge < -0.3 is 5.11 Å². The number of carbonyl (C=O) groups is 1. The van der Waals surface area contributed by atoms with E-state index in [0.29, 0.717) is 16.9 Å². The molecule has 122 valence electrons. The molecule has 0 bridgehead atoms. The molecule has 0 amide bonds. The standard InChI is InChI=1S/C17H10FN5O2/c18-12-5-3-10(8-15(12)24)16(25)13-6-4-9-1-2-11(7-14(9)19-13)17-20-22-23-21-17/h1-8,24H,(H,20,21,22,23). The Morgan fingerprint density at radius 2 is 1.92 bits per heavy atom. The van der Waals surface area contributed by atoms with Crippen molar-refractivity contribution in [2.24, 2.45) is 0 Å². The van der Waals surface area contributed by atoms with Crippen LogP contribution >= 0.6 is 0 Å². The van der Waals surface area contributed by atoms with Crippen molar-refractivity contribution in [1.82, 2.24) is 25.6 Å². The van der Waals surface area contributed by atoms with Crippen molar-refractivity contribution in [2.45, 2.75) is 0 Å². The zero-order chi connectivity index (χ0) is 17.4. The van der Waals surface area contributed by atoms with Crippen molar-refractivity contribution in [2.75, 3.05) is 0 Å². The number of hydrogen-bond donors (Lipinski definition) is 2. The van der Waals surface area contributed by atoms with Crippen LogP contribution in [0.15, 0.2) is 48.5 Å².